The third-order valence-electron chi connectivity index (χ3n) is 4.57. The van der Waals surface area contributed by atoms with Crippen LogP contribution in [0.25, 0.3) is 11.0 Å². The number of amides is 1. The molecule has 25 heavy (non-hydrogen) atoms. The molecule has 0 unspecified atom stereocenters. The third kappa shape index (κ3) is 3.01. The highest BCUT2D eigenvalue weighted by molar-refractivity contribution is 5.81. The van der Waals surface area contributed by atoms with Gasteiger partial charge in [-0.25, -0.2) is 0 Å². The maximum atomic E-state index is 12.9. The number of hydrogen-bond acceptors (Lipinski definition) is 3. The van der Waals surface area contributed by atoms with E-state index in [2.05, 4.69) is 4.98 Å². The highest BCUT2D eigenvalue weighted by Gasteiger charge is 2.32. The molecular formula is C17H18F3N3O2. The van der Waals surface area contributed by atoms with Crippen LogP contribution in [-0.4, -0.2) is 26.9 Å². The zero-order chi connectivity index (χ0) is 18.4. The molecule has 0 fully saturated rings. The Hall–Kier alpha value is -2.38. The Kier molecular flexibility index (Phi) is 4.30. The molecule has 8 heteroatoms. The lowest BCUT2D eigenvalue weighted by molar-refractivity contribution is -0.137. The van der Waals surface area contributed by atoms with E-state index < -0.39 is 11.7 Å². The van der Waals surface area contributed by atoms with Crippen LogP contribution in [0.5, 0.6) is 0 Å². The van der Waals surface area contributed by atoms with Crippen LogP contribution in [0.15, 0.2) is 17.1 Å². The maximum absolute atomic E-state index is 12.9. The SMILES string of the molecule is CCCC(=O)N1CCc2c(c(=O)n(C)c3cc(C(F)(F)F)cnc23)C1. The molecule has 134 valence electrons. The molecule has 0 saturated heterocycles. The fraction of sp³-hybridized carbons (Fsp3) is 0.471. The van der Waals surface area contributed by atoms with E-state index in [0.29, 0.717) is 36.0 Å². The minimum Gasteiger partial charge on any atom is -0.338 e. The van der Waals surface area contributed by atoms with Crippen molar-refractivity contribution in [3.8, 4) is 0 Å². The quantitative estimate of drug-likeness (QED) is 0.834. The molecule has 2 aromatic heterocycles. The number of carbonyl (C=O) groups is 1. The van der Waals surface area contributed by atoms with Gasteiger partial charge < -0.3 is 9.47 Å². The Bertz CT molecular complexity index is 903. The van der Waals surface area contributed by atoms with E-state index >= 15 is 0 Å². The molecule has 1 amide bonds. The lowest BCUT2D eigenvalue weighted by Crippen LogP contribution is -2.40. The van der Waals surface area contributed by atoms with Crippen LogP contribution in [0.3, 0.4) is 0 Å². The minimum absolute atomic E-state index is 0.0179. The van der Waals surface area contributed by atoms with Gasteiger partial charge in [0.25, 0.3) is 5.56 Å². The lowest BCUT2D eigenvalue weighted by Gasteiger charge is -2.29. The van der Waals surface area contributed by atoms with Crippen molar-refractivity contribution in [1.82, 2.24) is 14.5 Å². The average molecular weight is 353 g/mol. The molecule has 3 heterocycles. The monoisotopic (exact) mass is 353 g/mol. The van der Waals surface area contributed by atoms with Gasteiger partial charge in [-0.2, -0.15) is 13.2 Å². The summed E-state index contributed by atoms with van der Waals surface area (Å²) in [7, 11) is 1.43. The van der Waals surface area contributed by atoms with Crippen LogP contribution in [-0.2, 0) is 31.0 Å². The minimum atomic E-state index is -4.52. The van der Waals surface area contributed by atoms with E-state index in [9.17, 15) is 22.8 Å². The highest BCUT2D eigenvalue weighted by atomic mass is 19.4. The van der Waals surface area contributed by atoms with Crippen molar-refractivity contribution in [2.45, 2.75) is 38.9 Å². The molecule has 3 rings (SSSR count). The Morgan fingerprint density at radius 2 is 2.04 bits per heavy atom. The molecule has 0 saturated carbocycles. The number of pyridine rings is 2. The van der Waals surface area contributed by atoms with Crippen LogP contribution < -0.4 is 5.56 Å². The molecule has 0 atom stereocenters. The summed E-state index contributed by atoms with van der Waals surface area (Å²) in [6.07, 6.45) is -2.18. The van der Waals surface area contributed by atoms with Gasteiger partial charge in [0.1, 0.15) is 0 Å². The van der Waals surface area contributed by atoms with E-state index in [1.54, 1.807) is 4.90 Å². The van der Waals surface area contributed by atoms with Gasteiger partial charge in [-0.05, 0) is 24.5 Å². The molecule has 0 aliphatic carbocycles. The first-order valence-corrected chi connectivity index (χ1v) is 8.09. The summed E-state index contributed by atoms with van der Waals surface area (Å²) in [5, 5.41) is 0. The summed E-state index contributed by atoms with van der Waals surface area (Å²) in [6, 6.07) is 0.957. The van der Waals surface area contributed by atoms with Crippen LogP contribution in [0.4, 0.5) is 13.2 Å². The van der Waals surface area contributed by atoms with E-state index in [4.69, 9.17) is 0 Å². The van der Waals surface area contributed by atoms with Gasteiger partial charge >= 0.3 is 6.18 Å². The van der Waals surface area contributed by atoms with Gasteiger partial charge in [0, 0.05) is 31.8 Å². The van der Waals surface area contributed by atoms with E-state index in [0.717, 1.165) is 18.7 Å². The second-order valence-corrected chi connectivity index (χ2v) is 6.23. The Labute approximate surface area is 142 Å². The first kappa shape index (κ1) is 17.4. The van der Waals surface area contributed by atoms with Crippen molar-refractivity contribution in [1.29, 1.82) is 0 Å². The molecule has 0 bridgehead atoms. The second-order valence-electron chi connectivity index (χ2n) is 6.23. The molecule has 2 aromatic rings. The summed E-state index contributed by atoms with van der Waals surface area (Å²) >= 11 is 0. The smallest absolute Gasteiger partial charge is 0.338 e. The Morgan fingerprint density at radius 1 is 1.32 bits per heavy atom. The lowest BCUT2D eigenvalue weighted by atomic mass is 9.98. The predicted octanol–water partition coefficient (Wildman–Crippen LogP) is 2.64. The number of halogens is 3. The molecule has 0 aromatic carbocycles. The number of hydrogen-bond donors (Lipinski definition) is 0. The van der Waals surface area contributed by atoms with Crippen molar-refractivity contribution in [3.05, 3.63) is 39.3 Å². The highest BCUT2D eigenvalue weighted by Crippen LogP contribution is 2.32. The van der Waals surface area contributed by atoms with Crippen LogP contribution in [0, 0.1) is 0 Å². The number of aromatic nitrogens is 2. The average Bonchev–Trinajstić information content (AvgIpc) is 2.58. The largest absolute Gasteiger partial charge is 0.417 e. The number of fused-ring (bicyclic) bond motifs is 3. The van der Waals surface area contributed by atoms with Gasteiger partial charge in [-0.15, -0.1) is 0 Å². The zero-order valence-corrected chi connectivity index (χ0v) is 14.0. The number of rotatable bonds is 2. The van der Waals surface area contributed by atoms with Gasteiger partial charge in [0.05, 0.1) is 23.1 Å². The Balaban J connectivity index is 2.13. The number of nitrogens with zero attached hydrogens (tertiary/aromatic N) is 3. The Morgan fingerprint density at radius 3 is 2.68 bits per heavy atom. The molecule has 0 radical (unpaired) electrons. The molecular weight excluding hydrogens is 335 g/mol. The maximum Gasteiger partial charge on any atom is 0.417 e. The van der Waals surface area contributed by atoms with Crippen molar-refractivity contribution < 1.29 is 18.0 Å². The van der Waals surface area contributed by atoms with Gasteiger partial charge in [-0.3, -0.25) is 14.6 Å². The summed E-state index contributed by atoms with van der Waals surface area (Å²) < 4.78 is 40.0. The number of aryl methyl sites for hydroxylation is 1. The van der Waals surface area contributed by atoms with Crippen molar-refractivity contribution in [3.63, 3.8) is 0 Å². The summed E-state index contributed by atoms with van der Waals surface area (Å²) in [5.74, 6) is -0.0179. The summed E-state index contributed by atoms with van der Waals surface area (Å²) in [4.78, 5) is 30.3. The standard InChI is InChI=1S/C17H18F3N3O2/c1-3-4-14(24)23-6-5-11-12(9-23)16(25)22(2)13-7-10(17(18,19)20)8-21-15(11)13/h7-8H,3-6,9H2,1-2H3. The molecule has 0 N–H and O–H groups in total. The second kappa shape index (κ2) is 6.16. The third-order valence-corrected chi connectivity index (χ3v) is 4.57. The fourth-order valence-corrected chi connectivity index (χ4v) is 3.21. The van der Waals surface area contributed by atoms with Crippen LogP contribution >= 0.6 is 0 Å². The number of alkyl halides is 3. The summed E-state index contributed by atoms with van der Waals surface area (Å²) in [6.45, 7) is 2.53. The topological polar surface area (TPSA) is 55.2 Å². The van der Waals surface area contributed by atoms with Crippen LogP contribution in [0.2, 0.25) is 0 Å². The molecule has 1 aliphatic rings. The van der Waals surface area contributed by atoms with Crippen molar-refractivity contribution >= 4 is 16.9 Å². The summed E-state index contributed by atoms with van der Waals surface area (Å²) in [5.41, 5.74) is 0.382. The molecule has 5 nitrogen and oxygen atoms in total. The predicted molar refractivity (Wildman–Crippen MR) is 86.0 cm³/mol. The fourth-order valence-electron chi connectivity index (χ4n) is 3.21. The van der Waals surface area contributed by atoms with Gasteiger partial charge in [-0.1, -0.05) is 6.92 Å². The van der Waals surface area contributed by atoms with Gasteiger partial charge in [0.15, 0.2) is 0 Å². The van der Waals surface area contributed by atoms with E-state index in [-0.39, 0.29) is 23.5 Å². The van der Waals surface area contributed by atoms with Crippen molar-refractivity contribution in [2.75, 3.05) is 6.54 Å². The van der Waals surface area contributed by atoms with Crippen molar-refractivity contribution in [2.24, 2.45) is 7.05 Å². The molecule has 0 spiro atoms. The van der Waals surface area contributed by atoms with E-state index in [1.165, 1.54) is 11.6 Å². The van der Waals surface area contributed by atoms with E-state index in [1.807, 2.05) is 6.92 Å². The normalized spacial score (nSPS) is 14.7. The van der Waals surface area contributed by atoms with Gasteiger partial charge in [0.2, 0.25) is 5.91 Å². The first-order chi connectivity index (χ1) is 11.7. The number of carbonyl (C=O) groups excluding carboxylic acids is 1. The molecule has 1 aliphatic heterocycles. The zero-order valence-electron chi connectivity index (χ0n) is 14.0. The first-order valence-electron chi connectivity index (χ1n) is 8.09. The van der Waals surface area contributed by atoms with Crippen LogP contribution in [0.1, 0.15) is 36.5 Å².